The van der Waals surface area contributed by atoms with Crippen molar-refractivity contribution in [1.29, 1.82) is 0 Å². The number of aliphatic hydroxyl groups is 1. The van der Waals surface area contributed by atoms with Gasteiger partial charge in [-0.25, -0.2) is 0 Å². The predicted molar refractivity (Wildman–Crippen MR) is 80.8 cm³/mol. The van der Waals surface area contributed by atoms with Gasteiger partial charge in [0.25, 0.3) is 0 Å². The first-order chi connectivity index (χ1) is 9.69. The van der Waals surface area contributed by atoms with Gasteiger partial charge in [-0.05, 0) is 35.7 Å². The van der Waals surface area contributed by atoms with Crippen molar-refractivity contribution >= 4 is 23.2 Å². The third-order valence-corrected chi connectivity index (χ3v) is 3.37. The van der Waals surface area contributed by atoms with Crippen LogP contribution in [0.4, 0.5) is 5.69 Å². The molecule has 0 saturated carbocycles. The number of aryl methyl sites for hydroxylation is 1. The maximum Gasteiger partial charge on any atom is 0.224 e. The summed E-state index contributed by atoms with van der Waals surface area (Å²) in [4.78, 5) is 11.8. The van der Waals surface area contributed by atoms with E-state index in [4.69, 9.17) is 16.7 Å². The van der Waals surface area contributed by atoms with Gasteiger partial charge in [0.15, 0.2) is 0 Å². The Bertz CT molecular complexity index is 581. The summed E-state index contributed by atoms with van der Waals surface area (Å²) in [6, 6.07) is 14.6. The number of carbonyl (C=O) groups excluding carboxylic acids is 1. The zero-order valence-corrected chi connectivity index (χ0v) is 11.7. The molecule has 0 spiro atoms. The van der Waals surface area contributed by atoms with Crippen molar-refractivity contribution in [2.45, 2.75) is 19.4 Å². The third-order valence-electron chi connectivity index (χ3n) is 3.00. The number of nitrogens with one attached hydrogen (secondary N) is 1. The van der Waals surface area contributed by atoms with Gasteiger partial charge in [-0.1, -0.05) is 41.9 Å². The van der Waals surface area contributed by atoms with Crippen LogP contribution >= 0.6 is 11.6 Å². The molecule has 0 aliphatic rings. The average Bonchev–Trinajstić information content (AvgIpc) is 2.47. The molecule has 0 unspecified atom stereocenters. The minimum atomic E-state index is -0.0540. The summed E-state index contributed by atoms with van der Waals surface area (Å²) >= 11 is 6.05. The normalized spacial score (nSPS) is 10.3. The van der Waals surface area contributed by atoms with Gasteiger partial charge in [-0.3, -0.25) is 4.79 Å². The average molecular weight is 290 g/mol. The van der Waals surface area contributed by atoms with Crippen molar-refractivity contribution < 1.29 is 9.90 Å². The second-order valence-corrected chi connectivity index (χ2v) is 4.90. The van der Waals surface area contributed by atoms with E-state index in [1.165, 1.54) is 0 Å². The van der Waals surface area contributed by atoms with Gasteiger partial charge in [-0.2, -0.15) is 0 Å². The minimum absolute atomic E-state index is 0.000727. The maximum absolute atomic E-state index is 11.8. The molecule has 0 bridgehead atoms. The zero-order valence-electron chi connectivity index (χ0n) is 11.0. The van der Waals surface area contributed by atoms with Crippen molar-refractivity contribution in [2.75, 3.05) is 5.32 Å². The number of halogens is 1. The topological polar surface area (TPSA) is 49.3 Å². The van der Waals surface area contributed by atoms with Crippen molar-refractivity contribution in [2.24, 2.45) is 0 Å². The van der Waals surface area contributed by atoms with E-state index in [-0.39, 0.29) is 12.5 Å². The van der Waals surface area contributed by atoms with E-state index in [1.807, 2.05) is 24.3 Å². The van der Waals surface area contributed by atoms with Crippen LogP contribution in [0.5, 0.6) is 0 Å². The molecule has 2 aromatic carbocycles. The van der Waals surface area contributed by atoms with Gasteiger partial charge >= 0.3 is 0 Å². The van der Waals surface area contributed by atoms with Crippen molar-refractivity contribution in [3.8, 4) is 0 Å². The lowest BCUT2D eigenvalue weighted by molar-refractivity contribution is -0.116. The van der Waals surface area contributed by atoms with Crippen molar-refractivity contribution in [3.05, 3.63) is 64.7 Å². The van der Waals surface area contributed by atoms with Gasteiger partial charge in [0.1, 0.15) is 0 Å². The Balaban J connectivity index is 1.87. The Hall–Kier alpha value is -1.84. The quantitative estimate of drug-likeness (QED) is 0.886. The predicted octanol–water partition coefficient (Wildman–Crippen LogP) is 3.40. The van der Waals surface area contributed by atoms with E-state index in [2.05, 4.69) is 5.32 Å². The Morgan fingerprint density at radius 3 is 2.45 bits per heavy atom. The fraction of sp³-hybridized carbons (Fsp3) is 0.188. The highest BCUT2D eigenvalue weighted by Crippen LogP contribution is 2.17. The van der Waals surface area contributed by atoms with Crippen LogP contribution < -0.4 is 5.32 Å². The first-order valence-electron chi connectivity index (χ1n) is 6.42. The second kappa shape index (κ2) is 7.08. The lowest BCUT2D eigenvalue weighted by Crippen LogP contribution is -2.12. The molecule has 0 heterocycles. The van der Waals surface area contributed by atoms with E-state index in [1.54, 1.807) is 24.3 Å². The Kier molecular flexibility index (Phi) is 5.16. The zero-order chi connectivity index (χ0) is 14.4. The summed E-state index contributed by atoms with van der Waals surface area (Å²) in [7, 11) is 0. The lowest BCUT2D eigenvalue weighted by Gasteiger charge is -2.07. The summed E-state index contributed by atoms with van der Waals surface area (Å²) < 4.78 is 0. The van der Waals surface area contributed by atoms with E-state index in [9.17, 15) is 4.79 Å². The molecule has 2 rings (SSSR count). The highest BCUT2D eigenvalue weighted by molar-refractivity contribution is 6.31. The number of anilines is 1. The molecule has 3 nitrogen and oxygen atoms in total. The molecule has 0 aliphatic heterocycles. The minimum Gasteiger partial charge on any atom is -0.392 e. The molecular weight excluding hydrogens is 274 g/mol. The molecule has 4 heteroatoms. The van der Waals surface area contributed by atoms with Gasteiger partial charge in [-0.15, -0.1) is 0 Å². The molecular formula is C16H16ClNO2. The number of hydrogen-bond donors (Lipinski definition) is 2. The van der Waals surface area contributed by atoms with Gasteiger partial charge in [0, 0.05) is 17.1 Å². The number of benzene rings is 2. The van der Waals surface area contributed by atoms with E-state index in [0.29, 0.717) is 17.9 Å². The summed E-state index contributed by atoms with van der Waals surface area (Å²) in [6.45, 7) is 0.000727. The second-order valence-electron chi connectivity index (χ2n) is 4.49. The molecule has 2 N–H and O–H groups in total. The molecule has 1 amide bonds. The van der Waals surface area contributed by atoms with Crippen molar-refractivity contribution in [1.82, 2.24) is 0 Å². The Morgan fingerprint density at radius 1 is 1.10 bits per heavy atom. The van der Waals surface area contributed by atoms with Crippen LogP contribution in [0.3, 0.4) is 0 Å². The number of carbonyl (C=O) groups is 1. The SMILES string of the molecule is O=C(CCc1ccccc1Cl)Nc1ccc(CO)cc1. The third kappa shape index (κ3) is 4.08. The Morgan fingerprint density at radius 2 is 1.80 bits per heavy atom. The fourth-order valence-electron chi connectivity index (χ4n) is 1.87. The molecule has 0 fully saturated rings. The number of rotatable bonds is 5. The highest BCUT2D eigenvalue weighted by Gasteiger charge is 2.05. The number of hydrogen-bond acceptors (Lipinski definition) is 2. The summed E-state index contributed by atoms with van der Waals surface area (Å²) in [5, 5.41) is 12.5. The first kappa shape index (κ1) is 14.6. The summed E-state index contributed by atoms with van der Waals surface area (Å²) in [6.07, 6.45) is 0.992. The van der Waals surface area contributed by atoms with Gasteiger partial charge in [0.2, 0.25) is 5.91 Å². The molecule has 20 heavy (non-hydrogen) atoms. The monoisotopic (exact) mass is 289 g/mol. The molecule has 0 atom stereocenters. The lowest BCUT2D eigenvalue weighted by atomic mass is 10.1. The Labute approximate surface area is 123 Å². The van der Waals surface area contributed by atoms with Crippen LogP contribution in [-0.4, -0.2) is 11.0 Å². The largest absolute Gasteiger partial charge is 0.392 e. The number of aliphatic hydroxyl groups excluding tert-OH is 1. The molecule has 0 aromatic heterocycles. The van der Waals surface area contributed by atoms with E-state index < -0.39 is 0 Å². The smallest absolute Gasteiger partial charge is 0.224 e. The summed E-state index contributed by atoms with van der Waals surface area (Å²) in [5.74, 6) is -0.0540. The highest BCUT2D eigenvalue weighted by atomic mass is 35.5. The molecule has 0 saturated heterocycles. The van der Waals surface area contributed by atoms with Crippen LogP contribution in [0.2, 0.25) is 5.02 Å². The number of amides is 1. The maximum atomic E-state index is 11.8. The van der Waals surface area contributed by atoms with Crippen LogP contribution in [0.25, 0.3) is 0 Å². The molecule has 104 valence electrons. The van der Waals surface area contributed by atoms with Crippen molar-refractivity contribution in [3.63, 3.8) is 0 Å². The standard InChI is InChI=1S/C16H16ClNO2/c17-15-4-2-1-3-13(15)7-10-16(20)18-14-8-5-12(11-19)6-9-14/h1-6,8-9,19H,7,10-11H2,(H,18,20). The fourth-order valence-corrected chi connectivity index (χ4v) is 2.10. The first-order valence-corrected chi connectivity index (χ1v) is 6.80. The van der Waals surface area contributed by atoms with Crippen LogP contribution in [0, 0.1) is 0 Å². The molecule has 0 radical (unpaired) electrons. The van der Waals surface area contributed by atoms with Crippen LogP contribution in [0.15, 0.2) is 48.5 Å². The van der Waals surface area contributed by atoms with Crippen LogP contribution in [-0.2, 0) is 17.8 Å². The van der Waals surface area contributed by atoms with Gasteiger partial charge in [0.05, 0.1) is 6.61 Å². The molecule has 0 aliphatic carbocycles. The van der Waals surface area contributed by atoms with Crippen LogP contribution in [0.1, 0.15) is 17.5 Å². The summed E-state index contributed by atoms with van der Waals surface area (Å²) in [5.41, 5.74) is 2.52. The van der Waals surface area contributed by atoms with Gasteiger partial charge < -0.3 is 10.4 Å². The molecule has 2 aromatic rings. The van der Waals surface area contributed by atoms with E-state index >= 15 is 0 Å². The van der Waals surface area contributed by atoms with E-state index in [0.717, 1.165) is 16.8 Å².